The van der Waals surface area contributed by atoms with E-state index < -0.39 is 0 Å². The van der Waals surface area contributed by atoms with E-state index >= 15 is 0 Å². The van der Waals surface area contributed by atoms with Crippen molar-refractivity contribution in [1.82, 2.24) is 0 Å². The van der Waals surface area contributed by atoms with Gasteiger partial charge in [0.25, 0.3) is 0 Å². The average Bonchev–Trinajstić information content (AvgIpc) is 3.04. The first-order valence-electron chi connectivity index (χ1n) is 6.54. The van der Waals surface area contributed by atoms with Gasteiger partial charge in [-0.15, -0.1) is 11.3 Å². The smallest absolute Gasteiger partial charge is 0.228 e. The molecule has 1 atom stereocenters. The maximum absolute atomic E-state index is 11.4. The van der Waals surface area contributed by atoms with Crippen LogP contribution in [0, 0.1) is 0 Å². The van der Waals surface area contributed by atoms with Crippen molar-refractivity contribution in [2.75, 3.05) is 23.0 Å². The van der Waals surface area contributed by atoms with Crippen LogP contribution in [0.4, 0.5) is 17.1 Å². The van der Waals surface area contributed by atoms with Gasteiger partial charge < -0.3 is 16.0 Å². The highest BCUT2D eigenvalue weighted by Gasteiger charge is 2.22. The topological polar surface area (TPSA) is 58.4 Å². The van der Waals surface area contributed by atoms with Gasteiger partial charge in [-0.1, -0.05) is 6.07 Å². The second kappa shape index (κ2) is 4.83. The predicted octanol–water partition coefficient (Wildman–Crippen LogP) is 3.02. The molecule has 1 aromatic heterocycles. The molecule has 104 valence electrons. The Labute approximate surface area is 122 Å². The van der Waals surface area contributed by atoms with Crippen LogP contribution >= 0.6 is 11.3 Å². The number of fused-ring (bicyclic) bond motifs is 1. The number of carbonyl (C=O) groups excluding carboxylic acids is 1. The molecule has 20 heavy (non-hydrogen) atoms. The molecule has 2 aromatic rings. The summed E-state index contributed by atoms with van der Waals surface area (Å²) >= 11 is 1.73. The lowest BCUT2D eigenvalue weighted by Crippen LogP contribution is -2.22. The Bertz CT molecular complexity index is 651. The summed E-state index contributed by atoms with van der Waals surface area (Å²) in [6, 6.07) is 8.29. The standard InChI is InChI=1S/C15H17N3OS/c1-9(14-4-3-5-20-14)18(2)13-8-12-10(6-11(13)16)7-15(19)17-12/h3-6,8-9H,7,16H2,1-2H3,(H,17,19). The average molecular weight is 287 g/mol. The fraction of sp³-hybridized carbons (Fsp3) is 0.267. The van der Waals surface area contributed by atoms with Gasteiger partial charge in [-0.3, -0.25) is 4.79 Å². The Hall–Kier alpha value is -2.01. The van der Waals surface area contributed by atoms with E-state index in [1.54, 1.807) is 11.3 Å². The summed E-state index contributed by atoms with van der Waals surface area (Å²) in [5.41, 5.74) is 9.68. The Morgan fingerprint density at radius 3 is 2.95 bits per heavy atom. The van der Waals surface area contributed by atoms with Crippen molar-refractivity contribution < 1.29 is 4.79 Å². The number of nitrogen functional groups attached to an aromatic ring is 1. The minimum absolute atomic E-state index is 0.0329. The Morgan fingerprint density at radius 2 is 2.25 bits per heavy atom. The molecule has 5 heteroatoms. The van der Waals surface area contributed by atoms with Crippen LogP contribution in [-0.2, 0) is 11.2 Å². The Balaban J connectivity index is 1.94. The van der Waals surface area contributed by atoms with Crippen molar-refractivity contribution in [2.24, 2.45) is 0 Å². The van der Waals surface area contributed by atoms with Crippen LogP contribution in [-0.4, -0.2) is 13.0 Å². The summed E-state index contributed by atoms with van der Waals surface area (Å²) < 4.78 is 0. The molecule has 3 rings (SSSR count). The van der Waals surface area contributed by atoms with E-state index in [0.717, 1.165) is 16.9 Å². The van der Waals surface area contributed by atoms with E-state index in [0.29, 0.717) is 12.1 Å². The fourth-order valence-electron chi connectivity index (χ4n) is 2.52. The maximum Gasteiger partial charge on any atom is 0.228 e. The molecule has 0 fully saturated rings. The molecule has 0 spiro atoms. The third-order valence-electron chi connectivity index (χ3n) is 3.79. The number of benzene rings is 1. The van der Waals surface area contributed by atoms with Crippen LogP contribution in [0.15, 0.2) is 29.6 Å². The number of rotatable bonds is 3. The number of anilines is 3. The largest absolute Gasteiger partial charge is 0.397 e. The van der Waals surface area contributed by atoms with E-state index in [4.69, 9.17) is 5.73 Å². The summed E-state index contributed by atoms with van der Waals surface area (Å²) in [6.07, 6.45) is 0.421. The highest BCUT2D eigenvalue weighted by molar-refractivity contribution is 7.10. The highest BCUT2D eigenvalue weighted by Crippen LogP contribution is 2.37. The molecule has 1 amide bonds. The molecule has 2 heterocycles. The quantitative estimate of drug-likeness (QED) is 0.853. The molecule has 3 N–H and O–H groups in total. The van der Waals surface area contributed by atoms with Crippen molar-refractivity contribution >= 4 is 34.3 Å². The van der Waals surface area contributed by atoms with Crippen LogP contribution in [0.5, 0.6) is 0 Å². The molecule has 1 aromatic carbocycles. The van der Waals surface area contributed by atoms with E-state index in [1.807, 2.05) is 19.2 Å². The molecule has 1 aliphatic heterocycles. The Kier molecular flexibility index (Phi) is 3.14. The second-order valence-electron chi connectivity index (χ2n) is 5.10. The van der Waals surface area contributed by atoms with E-state index in [1.165, 1.54) is 4.88 Å². The van der Waals surface area contributed by atoms with Crippen molar-refractivity contribution in [3.63, 3.8) is 0 Å². The Morgan fingerprint density at radius 1 is 1.45 bits per heavy atom. The molecular formula is C15H17N3OS. The molecule has 1 unspecified atom stereocenters. The first-order chi connectivity index (χ1) is 9.56. The maximum atomic E-state index is 11.4. The molecule has 0 bridgehead atoms. The SMILES string of the molecule is CC(c1cccs1)N(C)c1cc2c(cc1N)CC(=O)N2. The molecule has 0 radical (unpaired) electrons. The van der Waals surface area contributed by atoms with Crippen LogP contribution in [0.2, 0.25) is 0 Å². The van der Waals surface area contributed by atoms with Crippen molar-refractivity contribution in [1.29, 1.82) is 0 Å². The zero-order valence-corrected chi connectivity index (χ0v) is 12.3. The number of nitrogens with one attached hydrogen (secondary N) is 1. The number of nitrogens with zero attached hydrogens (tertiary/aromatic N) is 1. The lowest BCUT2D eigenvalue weighted by atomic mass is 10.1. The van der Waals surface area contributed by atoms with Gasteiger partial charge in [0.2, 0.25) is 5.91 Å². The van der Waals surface area contributed by atoms with Gasteiger partial charge in [-0.2, -0.15) is 0 Å². The third-order valence-corrected chi connectivity index (χ3v) is 4.84. The summed E-state index contributed by atoms with van der Waals surface area (Å²) in [6.45, 7) is 2.15. The monoisotopic (exact) mass is 287 g/mol. The second-order valence-corrected chi connectivity index (χ2v) is 6.07. The minimum Gasteiger partial charge on any atom is -0.397 e. The lowest BCUT2D eigenvalue weighted by Gasteiger charge is -2.28. The summed E-state index contributed by atoms with van der Waals surface area (Å²) in [7, 11) is 2.03. The summed E-state index contributed by atoms with van der Waals surface area (Å²) in [5, 5.41) is 4.95. The summed E-state index contributed by atoms with van der Waals surface area (Å²) in [5.74, 6) is 0.0329. The van der Waals surface area contributed by atoms with Crippen LogP contribution in [0.1, 0.15) is 23.4 Å². The van der Waals surface area contributed by atoms with E-state index in [2.05, 4.69) is 34.7 Å². The number of carbonyl (C=O) groups is 1. The van der Waals surface area contributed by atoms with Gasteiger partial charge in [0, 0.05) is 17.6 Å². The molecule has 0 saturated heterocycles. The molecule has 4 nitrogen and oxygen atoms in total. The zero-order chi connectivity index (χ0) is 14.3. The van der Waals surface area contributed by atoms with Gasteiger partial charge in [0.15, 0.2) is 0 Å². The van der Waals surface area contributed by atoms with Crippen LogP contribution in [0.25, 0.3) is 0 Å². The lowest BCUT2D eigenvalue weighted by molar-refractivity contribution is -0.115. The molecular weight excluding hydrogens is 270 g/mol. The molecule has 1 aliphatic rings. The van der Waals surface area contributed by atoms with Gasteiger partial charge in [-0.05, 0) is 36.1 Å². The van der Waals surface area contributed by atoms with Gasteiger partial charge >= 0.3 is 0 Å². The van der Waals surface area contributed by atoms with Crippen molar-refractivity contribution in [2.45, 2.75) is 19.4 Å². The fourth-order valence-corrected chi connectivity index (χ4v) is 3.34. The van der Waals surface area contributed by atoms with Gasteiger partial charge in [-0.25, -0.2) is 0 Å². The number of nitrogens with two attached hydrogens (primary N) is 1. The zero-order valence-electron chi connectivity index (χ0n) is 11.5. The number of hydrogen-bond acceptors (Lipinski definition) is 4. The van der Waals surface area contributed by atoms with E-state index in [9.17, 15) is 4.79 Å². The van der Waals surface area contributed by atoms with Crippen molar-refractivity contribution in [3.05, 3.63) is 40.1 Å². The number of amides is 1. The molecule has 0 saturated carbocycles. The minimum atomic E-state index is 0.0329. The van der Waals surface area contributed by atoms with E-state index in [-0.39, 0.29) is 11.9 Å². The number of hydrogen-bond donors (Lipinski definition) is 2. The van der Waals surface area contributed by atoms with Gasteiger partial charge in [0.05, 0.1) is 23.8 Å². The first kappa shape index (κ1) is 13.0. The van der Waals surface area contributed by atoms with Crippen LogP contribution in [0.3, 0.4) is 0 Å². The van der Waals surface area contributed by atoms with Crippen LogP contribution < -0.4 is 16.0 Å². The molecule has 0 aliphatic carbocycles. The first-order valence-corrected chi connectivity index (χ1v) is 7.42. The summed E-state index contributed by atoms with van der Waals surface area (Å²) in [4.78, 5) is 14.9. The van der Waals surface area contributed by atoms with Crippen molar-refractivity contribution in [3.8, 4) is 0 Å². The normalized spacial score (nSPS) is 14.8. The third kappa shape index (κ3) is 2.14. The highest BCUT2D eigenvalue weighted by atomic mass is 32.1. The number of thiophene rings is 1. The predicted molar refractivity (Wildman–Crippen MR) is 84.3 cm³/mol. The van der Waals surface area contributed by atoms with Gasteiger partial charge in [0.1, 0.15) is 0 Å².